The number of benzene rings is 2. The predicted molar refractivity (Wildman–Crippen MR) is 89.8 cm³/mol. The van der Waals surface area contributed by atoms with Crippen LogP contribution >= 0.6 is 11.6 Å². The van der Waals surface area contributed by atoms with Crippen LogP contribution in [-0.4, -0.2) is 16.7 Å². The van der Waals surface area contributed by atoms with Crippen molar-refractivity contribution in [2.75, 3.05) is 0 Å². The first-order valence-corrected chi connectivity index (χ1v) is 7.72. The first kappa shape index (κ1) is 15.5. The molecule has 2 aromatic carbocycles. The van der Waals surface area contributed by atoms with Gasteiger partial charge in [-0.1, -0.05) is 48.0 Å². The lowest BCUT2D eigenvalue weighted by molar-refractivity contribution is -0.112. The number of Topliss-reactive ketones (excluding diaryl/α,β-unsaturated/α-hetero) is 2. The minimum Gasteiger partial charge on any atom is -0.507 e. The zero-order valence-electron chi connectivity index (χ0n) is 12.6. The van der Waals surface area contributed by atoms with E-state index in [4.69, 9.17) is 11.6 Å². The molecule has 0 atom stereocenters. The molecule has 0 bridgehead atoms. The van der Waals surface area contributed by atoms with Crippen molar-refractivity contribution in [1.82, 2.24) is 0 Å². The number of carbonyl (C=O) groups excluding carboxylic acids is 2. The summed E-state index contributed by atoms with van der Waals surface area (Å²) in [6.45, 7) is 1.91. The number of hydrogen-bond donors (Lipinski definition) is 1. The average molecular weight is 327 g/mol. The second-order valence-electron chi connectivity index (χ2n) is 5.61. The summed E-state index contributed by atoms with van der Waals surface area (Å²) in [6, 6.07) is 12.3. The van der Waals surface area contributed by atoms with Crippen LogP contribution in [0.25, 0.3) is 5.76 Å². The van der Waals surface area contributed by atoms with Gasteiger partial charge < -0.3 is 5.11 Å². The maximum Gasteiger partial charge on any atom is 0.234 e. The number of halogens is 1. The number of carbonyl (C=O) groups is 2. The molecule has 23 heavy (non-hydrogen) atoms. The Kier molecular flexibility index (Phi) is 4.05. The van der Waals surface area contributed by atoms with Crippen LogP contribution in [0.4, 0.5) is 0 Å². The van der Waals surface area contributed by atoms with Crippen LogP contribution in [0.1, 0.15) is 33.5 Å². The highest BCUT2D eigenvalue weighted by atomic mass is 35.5. The van der Waals surface area contributed by atoms with Crippen LogP contribution < -0.4 is 0 Å². The van der Waals surface area contributed by atoms with Gasteiger partial charge in [0.2, 0.25) is 11.6 Å². The monoisotopic (exact) mass is 326 g/mol. The van der Waals surface area contributed by atoms with E-state index in [1.54, 1.807) is 24.3 Å². The summed E-state index contributed by atoms with van der Waals surface area (Å²) in [5.41, 5.74) is 2.84. The Balaban J connectivity index is 1.91. The van der Waals surface area contributed by atoms with Crippen LogP contribution in [0.3, 0.4) is 0 Å². The van der Waals surface area contributed by atoms with Crippen molar-refractivity contribution in [2.24, 2.45) is 0 Å². The Morgan fingerprint density at radius 3 is 2.35 bits per heavy atom. The molecule has 0 aliphatic heterocycles. The first-order valence-electron chi connectivity index (χ1n) is 7.34. The quantitative estimate of drug-likeness (QED) is 0.855. The highest BCUT2D eigenvalue weighted by Crippen LogP contribution is 2.30. The van der Waals surface area contributed by atoms with Gasteiger partial charge in [0.15, 0.2) is 0 Å². The molecule has 0 heterocycles. The smallest absolute Gasteiger partial charge is 0.234 e. The van der Waals surface area contributed by atoms with E-state index >= 15 is 0 Å². The molecule has 1 N–H and O–H groups in total. The first-order chi connectivity index (χ1) is 11.0. The third kappa shape index (κ3) is 2.80. The molecule has 0 amide bonds. The fourth-order valence-corrected chi connectivity index (χ4v) is 2.90. The Labute approximate surface area is 139 Å². The second-order valence-corrected chi connectivity index (χ2v) is 6.02. The normalized spacial score (nSPS) is 14.2. The molecule has 1 aliphatic carbocycles. The molecular weight excluding hydrogens is 312 g/mol. The summed E-state index contributed by atoms with van der Waals surface area (Å²) in [5.74, 6) is -1.26. The minimum atomic E-state index is -0.619. The largest absolute Gasteiger partial charge is 0.507 e. The van der Waals surface area contributed by atoms with E-state index in [1.807, 2.05) is 25.1 Å². The van der Waals surface area contributed by atoms with E-state index in [9.17, 15) is 14.7 Å². The maximum atomic E-state index is 12.3. The zero-order chi connectivity index (χ0) is 16.6. The Morgan fingerprint density at radius 2 is 1.65 bits per heavy atom. The molecular formula is C19H15ClO3. The van der Waals surface area contributed by atoms with Crippen molar-refractivity contribution in [3.63, 3.8) is 0 Å². The summed E-state index contributed by atoms with van der Waals surface area (Å²) in [5, 5.41) is 11.1. The highest BCUT2D eigenvalue weighted by molar-refractivity contribution is 6.52. The van der Waals surface area contributed by atoms with Gasteiger partial charge in [-0.15, -0.1) is 0 Å². The highest BCUT2D eigenvalue weighted by Gasteiger charge is 2.32. The minimum absolute atomic E-state index is 0.0871. The van der Waals surface area contributed by atoms with Crippen molar-refractivity contribution < 1.29 is 14.7 Å². The van der Waals surface area contributed by atoms with Gasteiger partial charge in [-0.05, 0) is 37.0 Å². The van der Waals surface area contributed by atoms with Gasteiger partial charge in [0.05, 0.1) is 0 Å². The van der Waals surface area contributed by atoms with Crippen LogP contribution in [0.5, 0.6) is 0 Å². The number of fused-ring (bicyclic) bond motifs is 1. The maximum absolute atomic E-state index is 12.3. The predicted octanol–water partition coefficient (Wildman–Crippen LogP) is 4.32. The number of aryl methyl sites for hydroxylation is 2. The van der Waals surface area contributed by atoms with E-state index in [0.717, 1.165) is 11.1 Å². The lowest BCUT2D eigenvalue weighted by Crippen LogP contribution is -2.24. The number of rotatable bonds is 3. The van der Waals surface area contributed by atoms with E-state index in [0.29, 0.717) is 23.4 Å². The fraction of sp³-hybridized carbons (Fsp3) is 0.158. The molecule has 0 spiro atoms. The lowest BCUT2D eigenvalue weighted by atomic mass is 9.86. The van der Waals surface area contributed by atoms with Crippen molar-refractivity contribution in [2.45, 2.75) is 19.8 Å². The van der Waals surface area contributed by atoms with E-state index in [2.05, 4.69) is 0 Å². The molecule has 4 heteroatoms. The summed E-state index contributed by atoms with van der Waals surface area (Å²) in [4.78, 5) is 24.4. The van der Waals surface area contributed by atoms with Crippen LogP contribution in [0, 0.1) is 6.92 Å². The van der Waals surface area contributed by atoms with E-state index in [-0.39, 0.29) is 16.9 Å². The topological polar surface area (TPSA) is 54.4 Å². The zero-order valence-corrected chi connectivity index (χ0v) is 13.4. The van der Waals surface area contributed by atoms with Gasteiger partial charge in [0.25, 0.3) is 0 Å². The Bertz CT molecular complexity index is 849. The molecule has 2 aromatic rings. The third-order valence-electron chi connectivity index (χ3n) is 4.08. The number of aliphatic hydroxyl groups excluding tert-OH is 1. The molecule has 0 saturated carbocycles. The number of ketones is 2. The molecule has 0 saturated heterocycles. The van der Waals surface area contributed by atoms with Gasteiger partial charge in [0.1, 0.15) is 5.76 Å². The van der Waals surface area contributed by atoms with Crippen LogP contribution in [0.15, 0.2) is 48.0 Å². The van der Waals surface area contributed by atoms with E-state index < -0.39 is 11.6 Å². The molecule has 1 aliphatic rings. The summed E-state index contributed by atoms with van der Waals surface area (Å²) in [6.07, 6.45) is 0.865. The Morgan fingerprint density at radius 1 is 0.957 bits per heavy atom. The average Bonchev–Trinajstić information content (AvgIpc) is 2.56. The van der Waals surface area contributed by atoms with Crippen molar-refractivity contribution >= 4 is 28.9 Å². The second kappa shape index (κ2) is 6.01. The third-order valence-corrected chi connectivity index (χ3v) is 4.50. The molecule has 3 rings (SSSR count). The number of aliphatic hydroxyl groups is 1. The van der Waals surface area contributed by atoms with Crippen molar-refractivity contribution in [3.05, 3.63) is 75.3 Å². The standard InChI is InChI=1S/C19H15ClO3/c1-11-10-12(7-9-16(11)20)6-8-15-17(21)13-4-2-3-5-14(13)18(22)19(15)23/h2-5,7,9-10,21H,6,8H2,1H3. The van der Waals surface area contributed by atoms with Crippen molar-refractivity contribution in [1.29, 1.82) is 0 Å². The van der Waals surface area contributed by atoms with Crippen molar-refractivity contribution in [3.8, 4) is 0 Å². The lowest BCUT2D eigenvalue weighted by Gasteiger charge is -2.17. The van der Waals surface area contributed by atoms with Gasteiger partial charge in [-0.2, -0.15) is 0 Å². The summed E-state index contributed by atoms with van der Waals surface area (Å²) >= 11 is 6.00. The molecule has 0 aromatic heterocycles. The Hall–Kier alpha value is -2.39. The fourth-order valence-electron chi connectivity index (χ4n) is 2.78. The van der Waals surface area contributed by atoms with Crippen LogP contribution in [-0.2, 0) is 11.2 Å². The van der Waals surface area contributed by atoms with Gasteiger partial charge >= 0.3 is 0 Å². The molecule has 0 radical (unpaired) electrons. The molecule has 116 valence electrons. The van der Waals surface area contributed by atoms with Gasteiger partial charge in [0, 0.05) is 21.7 Å². The number of allylic oxidation sites excluding steroid dienone is 1. The van der Waals surface area contributed by atoms with Gasteiger partial charge in [-0.25, -0.2) is 0 Å². The molecule has 0 fully saturated rings. The molecule has 3 nitrogen and oxygen atoms in total. The molecule has 0 unspecified atom stereocenters. The number of hydrogen-bond acceptors (Lipinski definition) is 3. The van der Waals surface area contributed by atoms with Gasteiger partial charge in [-0.3, -0.25) is 9.59 Å². The van der Waals surface area contributed by atoms with E-state index in [1.165, 1.54) is 0 Å². The summed E-state index contributed by atoms with van der Waals surface area (Å²) in [7, 11) is 0. The SMILES string of the molecule is Cc1cc(CCC2=C(O)c3ccccc3C(=O)C2=O)ccc1Cl. The summed E-state index contributed by atoms with van der Waals surface area (Å²) < 4.78 is 0. The van der Waals surface area contributed by atoms with Crippen LogP contribution in [0.2, 0.25) is 5.02 Å².